The Balaban J connectivity index is 2.08. The minimum atomic E-state index is -4.34. The van der Waals surface area contributed by atoms with Crippen LogP contribution in [0.15, 0.2) is 42.6 Å². The lowest BCUT2D eigenvalue weighted by Crippen LogP contribution is -2.27. The SMILES string of the molecule is CN(Cc1ccc(C(F)(F)F)cc1)C(=O)c1cccn1C. The maximum absolute atomic E-state index is 12.5. The van der Waals surface area contributed by atoms with Crippen LogP contribution < -0.4 is 0 Å². The van der Waals surface area contributed by atoms with Crippen molar-refractivity contribution in [1.82, 2.24) is 9.47 Å². The quantitative estimate of drug-likeness (QED) is 0.853. The molecule has 0 fully saturated rings. The smallest absolute Gasteiger partial charge is 0.347 e. The molecule has 0 aliphatic rings. The predicted molar refractivity (Wildman–Crippen MR) is 72.7 cm³/mol. The third-order valence-corrected chi connectivity index (χ3v) is 3.21. The van der Waals surface area contributed by atoms with Crippen molar-refractivity contribution in [3.05, 3.63) is 59.4 Å². The van der Waals surface area contributed by atoms with E-state index < -0.39 is 11.7 Å². The highest BCUT2D eigenvalue weighted by Gasteiger charge is 2.30. The van der Waals surface area contributed by atoms with Crippen LogP contribution >= 0.6 is 0 Å². The van der Waals surface area contributed by atoms with Crippen LogP contribution in [0.4, 0.5) is 13.2 Å². The second-order valence-electron chi connectivity index (χ2n) is 4.86. The van der Waals surface area contributed by atoms with Gasteiger partial charge in [-0.25, -0.2) is 0 Å². The van der Waals surface area contributed by atoms with Crippen molar-refractivity contribution in [2.45, 2.75) is 12.7 Å². The first kappa shape index (κ1) is 15.2. The molecule has 1 amide bonds. The van der Waals surface area contributed by atoms with Gasteiger partial charge in [0.25, 0.3) is 5.91 Å². The van der Waals surface area contributed by atoms with Crippen LogP contribution in [0, 0.1) is 0 Å². The first-order chi connectivity index (χ1) is 9.79. The van der Waals surface area contributed by atoms with Crippen molar-refractivity contribution in [1.29, 1.82) is 0 Å². The Kier molecular flexibility index (Phi) is 4.06. The van der Waals surface area contributed by atoms with E-state index in [1.54, 1.807) is 37.0 Å². The van der Waals surface area contributed by atoms with Crippen molar-refractivity contribution in [3.8, 4) is 0 Å². The summed E-state index contributed by atoms with van der Waals surface area (Å²) >= 11 is 0. The van der Waals surface area contributed by atoms with E-state index in [1.807, 2.05) is 0 Å². The summed E-state index contributed by atoms with van der Waals surface area (Å²) in [6, 6.07) is 8.28. The van der Waals surface area contributed by atoms with E-state index in [1.165, 1.54) is 17.0 Å². The molecule has 6 heteroatoms. The Morgan fingerprint density at radius 2 is 1.81 bits per heavy atom. The summed E-state index contributed by atoms with van der Waals surface area (Å²) < 4.78 is 39.1. The van der Waals surface area contributed by atoms with Gasteiger partial charge in [-0.15, -0.1) is 0 Å². The number of hydrogen-bond acceptors (Lipinski definition) is 1. The number of carbonyl (C=O) groups excluding carboxylic acids is 1. The van der Waals surface area contributed by atoms with Gasteiger partial charge in [-0.2, -0.15) is 13.2 Å². The van der Waals surface area contributed by atoms with E-state index in [4.69, 9.17) is 0 Å². The zero-order chi connectivity index (χ0) is 15.6. The number of benzene rings is 1. The van der Waals surface area contributed by atoms with Gasteiger partial charge in [0.2, 0.25) is 0 Å². The first-order valence-corrected chi connectivity index (χ1v) is 6.32. The van der Waals surface area contributed by atoms with Gasteiger partial charge in [-0.05, 0) is 29.8 Å². The molecule has 0 aliphatic carbocycles. The minimum absolute atomic E-state index is 0.178. The lowest BCUT2D eigenvalue weighted by atomic mass is 10.1. The fourth-order valence-electron chi connectivity index (χ4n) is 2.02. The number of aromatic nitrogens is 1. The van der Waals surface area contributed by atoms with Crippen molar-refractivity contribution in [2.24, 2.45) is 7.05 Å². The van der Waals surface area contributed by atoms with Crippen LogP contribution in [0.1, 0.15) is 21.6 Å². The number of rotatable bonds is 3. The monoisotopic (exact) mass is 296 g/mol. The van der Waals surface area contributed by atoms with Crippen LogP contribution in [-0.2, 0) is 19.8 Å². The van der Waals surface area contributed by atoms with Gasteiger partial charge in [0.15, 0.2) is 0 Å². The van der Waals surface area contributed by atoms with Crippen LogP contribution in [0.25, 0.3) is 0 Å². The van der Waals surface area contributed by atoms with Gasteiger partial charge in [-0.1, -0.05) is 12.1 Å². The van der Waals surface area contributed by atoms with E-state index in [0.29, 0.717) is 11.3 Å². The highest BCUT2D eigenvalue weighted by molar-refractivity contribution is 5.92. The lowest BCUT2D eigenvalue weighted by molar-refractivity contribution is -0.137. The number of alkyl halides is 3. The number of nitrogens with zero attached hydrogens (tertiary/aromatic N) is 2. The molecule has 0 saturated carbocycles. The molecule has 1 heterocycles. The lowest BCUT2D eigenvalue weighted by Gasteiger charge is -2.18. The number of halogens is 3. The van der Waals surface area contributed by atoms with E-state index in [0.717, 1.165) is 12.1 Å². The predicted octanol–water partition coefficient (Wildman–Crippen LogP) is 3.32. The van der Waals surface area contributed by atoms with Gasteiger partial charge in [-0.3, -0.25) is 4.79 Å². The Morgan fingerprint density at radius 1 is 1.19 bits per heavy atom. The second-order valence-corrected chi connectivity index (χ2v) is 4.86. The molecule has 0 radical (unpaired) electrons. The van der Waals surface area contributed by atoms with Crippen LogP contribution in [0.5, 0.6) is 0 Å². The fourth-order valence-corrected chi connectivity index (χ4v) is 2.02. The van der Waals surface area contributed by atoms with Crippen molar-refractivity contribution < 1.29 is 18.0 Å². The van der Waals surface area contributed by atoms with E-state index in [2.05, 4.69) is 0 Å². The van der Waals surface area contributed by atoms with E-state index in [9.17, 15) is 18.0 Å². The summed E-state index contributed by atoms with van der Waals surface area (Å²) in [5.41, 5.74) is 0.486. The summed E-state index contributed by atoms with van der Waals surface area (Å²) in [5.74, 6) is -0.178. The largest absolute Gasteiger partial charge is 0.416 e. The van der Waals surface area contributed by atoms with Crippen molar-refractivity contribution >= 4 is 5.91 Å². The molecular weight excluding hydrogens is 281 g/mol. The second kappa shape index (κ2) is 5.63. The topological polar surface area (TPSA) is 25.2 Å². The summed E-state index contributed by atoms with van der Waals surface area (Å²) in [7, 11) is 3.38. The molecule has 0 N–H and O–H groups in total. The Labute approximate surface area is 120 Å². The highest BCUT2D eigenvalue weighted by Crippen LogP contribution is 2.29. The van der Waals surface area contributed by atoms with Crippen LogP contribution in [0.2, 0.25) is 0 Å². The standard InChI is InChI=1S/C15H15F3N2O/c1-19-9-3-4-13(19)14(21)20(2)10-11-5-7-12(8-6-11)15(16,17)18/h3-9H,10H2,1-2H3. The molecule has 112 valence electrons. The molecule has 1 aromatic heterocycles. The summed E-state index contributed by atoms with van der Waals surface area (Å²) in [5, 5.41) is 0. The zero-order valence-electron chi connectivity index (χ0n) is 11.7. The third kappa shape index (κ3) is 3.45. The fraction of sp³-hybridized carbons (Fsp3) is 0.267. The van der Waals surface area contributed by atoms with Gasteiger partial charge in [0.1, 0.15) is 5.69 Å². The molecule has 1 aromatic carbocycles. The van der Waals surface area contributed by atoms with Gasteiger partial charge in [0, 0.05) is 26.8 Å². The first-order valence-electron chi connectivity index (χ1n) is 6.32. The molecule has 0 bridgehead atoms. The van der Waals surface area contributed by atoms with E-state index in [-0.39, 0.29) is 12.5 Å². The number of carbonyl (C=O) groups is 1. The third-order valence-electron chi connectivity index (χ3n) is 3.21. The molecule has 0 unspecified atom stereocenters. The maximum Gasteiger partial charge on any atom is 0.416 e. The minimum Gasteiger partial charge on any atom is -0.347 e. The molecule has 0 spiro atoms. The van der Waals surface area contributed by atoms with E-state index >= 15 is 0 Å². The van der Waals surface area contributed by atoms with Gasteiger partial charge >= 0.3 is 6.18 Å². The van der Waals surface area contributed by atoms with Crippen molar-refractivity contribution in [2.75, 3.05) is 7.05 Å². The molecule has 0 aliphatic heterocycles. The Bertz CT molecular complexity index is 629. The van der Waals surface area contributed by atoms with Crippen LogP contribution in [0.3, 0.4) is 0 Å². The average Bonchev–Trinajstić information content (AvgIpc) is 2.83. The Morgan fingerprint density at radius 3 is 2.29 bits per heavy atom. The molecule has 0 saturated heterocycles. The van der Waals surface area contributed by atoms with Crippen molar-refractivity contribution in [3.63, 3.8) is 0 Å². The van der Waals surface area contributed by atoms with Gasteiger partial charge < -0.3 is 9.47 Å². The molecule has 0 atom stereocenters. The maximum atomic E-state index is 12.5. The highest BCUT2D eigenvalue weighted by atomic mass is 19.4. The number of hydrogen-bond donors (Lipinski definition) is 0. The number of aryl methyl sites for hydroxylation is 1. The Hall–Kier alpha value is -2.24. The summed E-state index contributed by atoms with van der Waals surface area (Å²) in [4.78, 5) is 13.7. The average molecular weight is 296 g/mol. The molecular formula is C15H15F3N2O. The molecule has 2 rings (SSSR count). The molecule has 2 aromatic rings. The normalized spacial score (nSPS) is 11.5. The van der Waals surface area contributed by atoms with Crippen LogP contribution in [-0.4, -0.2) is 22.4 Å². The van der Waals surface area contributed by atoms with Gasteiger partial charge in [0.05, 0.1) is 5.56 Å². The summed E-state index contributed by atoms with van der Waals surface area (Å²) in [6.45, 7) is 0.252. The molecule has 3 nitrogen and oxygen atoms in total. The molecule has 21 heavy (non-hydrogen) atoms. The zero-order valence-corrected chi connectivity index (χ0v) is 11.7. The number of amides is 1. The summed E-state index contributed by atoms with van der Waals surface area (Å²) in [6.07, 6.45) is -2.58.